The van der Waals surface area contributed by atoms with Crippen molar-refractivity contribution in [2.45, 2.75) is 77.4 Å². The van der Waals surface area contributed by atoms with Crippen LogP contribution in [0.25, 0.3) is 0 Å². The minimum absolute atomic E-state index is 0.0742. The van der Waals surface area contributed by atoms with Crippen molar-refractivity contribution in [3.63, 3.8) is 0 Å². The smallest absolute Gasteiger partial charge is 0.333 e. The summed E-state index contributed by atoms with van der Waals surface area (Å²) in [5, 5.41) is 0. The number of carbonyl (C=O) groups is 2. The van der Waals surface area contributed by atoms with Gasteiger partial charge in [-0.3, -0.25) is 0 Å². The Morgan fingerprint density at radius 1 is 0.769 bits per heavy atom. The van der Waals surface area contributed by atoms with E-state index in [-0.39, 0.29) is 30.1 Å². The third kappa shape index (κ3) is 3.89. The SMILES string of the molecule is C=C(C)C(=O)O[C@@H]1CC2CCCCC2C2C1CCC[C@H]2OC(=O)C(=C)C. The van der Waals surface area contributed by atoms with Crippen molar-refractivity contribution in [2.75, 3.05) is 0 Å². The Morgan fingerprint density at radius 3 is 2.00 bits per heavy atom. The lowest BCUT2D eigenvalue weighted by atomic mass is 9.56. The summed E-state index contributed by atoms with van der Waals surface area (Å²) in [6.07, 6.45) is 8.65. The van der Waals surface area contributed by atoms with E-state index in [2.05, 4.69) is 13.2 Å². The van der Waals surface area contributed by atoms with Gasteiger partial charge in [-0.2, -0.15) is 0 Å². The van der Waals surface area contributed by atoms with Crippen molar-refractivity contribution in [2.24, 2.45) is 23.7 Å². The van der Waals surface area contributed by atoms with Crippen molar-refractivity contribution >= 4 is 11.9 Å². The Balaban J connectivity index is 1.84. The summed E-state index contributed by atoms with van der Waals surface area (Å²) < 4.78 is 11.8. The standard InChI is InChI=1S/C22H32O4/c1-13(2)21(23)25-18-11-7-10-17-19(26-22(24)14(3)4)12-15-8-5-6-9-16(15)20(17)18/h15-20H,1,3,5-12H2,2,4H3/t15?,16?,17?,18-,19-,20?/m1/s1. The molecule has 0 bridgehead atoms. The first-order valence-electron chi connectivity index (χ1n) is 10.1. The minimum atomic E-state index is -0.288. The van der Waals surface area contributed by atoms with Crippen molar-refractivity contribution in [1.29, 1.82) is 0 Å². The number of hydrogen-bond acceptors (Lipinski definition) is 4. The predicted octanol–water partition coefficient (Wildman–Crippen LogP) is 4.59. The lowest BCUT2D eigenvalue weighted by Crippen LogP contribution is -2.53. The van der Waals surface area contributed by atoms with Gasteiger partial charge >= 0.3 is 11.9 Å². The molecule has 0 heterocycles. The molecule has 0 spiro atoms. The van der Waals surface area contributed by atoms with Crippen LogP contribution in [0.3, 0.4) is 0 Å². The molecule has 0 saturated heterocycles. The predicted molar refractivity (Wildman–Crippen MR) is 100 cm³/mol. The number of carbonyl (C=O) groups excluding carboxylic acids is 2. The van der Waals surface area contributed by atoms with Gasteiger partial charge in [-0.25, -0.2) is 9.59 Å². The van der Waals surface area contributed by atoms with Crippen molar-refractivity contribution in [3.05, 3.63) is 24.3 Å². The van der Waals surface area contributed by atoms with E-state index < -0.39 is 0 Å². The average Bonchev–Trinajstić information content (AvgIpc) is 2.61. The second kappa shape index (κ2) is 7.98. The molecular weight excluding hydrogens is 328 g/mol. The maximum absolute atomic E-state index is 12.2. The van der Waals surface area contributed by atoms with E-state index in [9.17, 15) is 9.59 Å². The topological polar surface area (TPSA) is 52.6 Å². The minimum Gasteiger partial charge on any atom is -0.459 e. The third-order valence-corrected chi connectivity index (χ3v) is 6.64. The largest absolute Gasteiger partial charge is 0.459 e. The molecule has 3 aliphatic rings. The highest BCUT2D eigenvalue weighted by Gasteiger charge is 2.51. The summed E-state index contributed by atoms with van der Waals surface area (Å²) in [4.78, 5) is 24.4. The van der Waals surface area contributed by atoms with Crippen LogP contribution >= 0.6 is 0 Å². The van der Waals surface area contributed by atoms with Crippen LogP contribution in [0.2, 0.25) is 0 Å². The highest BCUT2D eigenvalue weighted by atomic mass is 16.6. The Labute approximate surface area is 157 Å². The molecule has 3 saturated carbocycles. The summed E-state index contributed by atoms with van der Waals surface area (Å²) in [5.74, 6) is 1.16. The molecule has 3 rings (SSSR count). The van der Waals surface area contributed by atoms with Gasteiger partial charge in [0.05, 0.1) is 0 Å². The zero-order valence-corrected chi connectivity index (χ0v) is 16.2. The van der Waals surface area contributed by atoms with Gasteiger partial charge < -0.3 is 9.47 Å². The number of fused-ring (bicyclic) bond motifs is 3. The maximum atomic E-state index is 12.2. The molecule has 0 aliphatic heterocycles. The molecular formula is C22H32O4. The zero-order chi connectivity index (χ0) is 18.8. The molecule has 0 amide bonds. The van der Waals surface area contributed by atoms with Gasteiger partial charge in [-0.05, 0) is 57.8 Å². The van der Waals surface area contributed by atoms with Gasteiger partial charge in [0.15, 0.2) is 0 Å². The molecule has 0 aromatic rings. The van der Waals surface area contributed by atoms with E-state index in [1.807, 2.05) is 0 Å². The van der Waals surface area contributed by atoms with Crippen LogP contribution in [-0.4, -0.2) is 24.1 Å². The molecule has 4 nitrogen and oxygen atoms in total. The maximum Gasteiger partial charge on any atom is 0.333 e. The molecule has 144 valence electrons. The van der Waals surface area contributed by atoms with Gasteiger partial charge in [0.2, 0.25) is 0 Å². The summed E-state index contributed by atoms with van der Waals surface area (Å²) in [7, 11) is 0. The number of hydrogen-bond donors (Lipinski definition) is 0. The van der Waals surface area contributed by atoms with Gasteiger partial charge in [-0.1, -0.05) is 32.4 Å². The van der Waals surface area contributed by atoms with E-state index >= 15 is 0 Å². The second-order valence-corrected chi connectivity index (χ2v) is 8.56. The van der Waals surface area contributed by atoms with E-state index in [4.69, 9.17) is 9.47 Å². The number of ether oxygens (including phenoxy) is 2. The molecule has 26 heavy (non-hydrogen) atoms. The fourth-order valence-electron chi connectivity index (χ4n) is 5.50. The van der Waals surface area contributed by atoms with E-state index in [0.717, 1.165) is 25.7 Å². The molecule has 0 N–H and O–H groups in total. The molecule has 3 aliphatic carbocycles. The van der Waals surface area contributed by atoms with Crippen LogP contribution in [-0.2, 0) is 19.1 Å². The molecule has 0 aromatic carbocycles. The lowest BCUT2D eigenvalue weighted by Gasteiger charge is -2.53. The Hall–Kier alpha value is -1.58. The summed E-state index contributed by atoms with van der Waals surface area (Å²) in [5.41, 5.74) is 0.904. The number of esters is 2. The lowest BCUT2D eigenvalue weighted by molar-refractivity contribution is -0.176. The highest BCUT2D eigenvalue weighted by Crippen LogP contribution is 2.53. The first-order valence-corrected chi connectivity index (χ1v) is 10.1. The van der Waals surface area contributed by atoms with Gasteiger partial charge in [-0.15, -0.1) is 0 Å². The van der Waals surface area contributed by atoms with E-state index in [0.29, 0.717) is 28.9 Å². The van der Waals surface area contributed by atoms with E-state index in [1.54, 1.807) is 13.8 Å². The van der Waals surface area contributed by atoms with E-state index in [1.165, 1.54) is 25.7 Å². The van der Waals surface area contributed by atoms with Crippen LogP contribution in [0.1, 0.15) is 65.2 Å². The first kappa shape index (κ1) is 19.2. The van der Waals surface area contributed by atoms with Crippen LogP contribution in [0.4, 0.5) is 0 Å². The van der Waals surface area contributed by atoms with Crippen molar-refractivity contribution in [1.82, 2.24) is 0 Å². The third-order valence-electron chi connectivity index (χ3n) is 6.64. The Morgan fingerprint density at radius 2 is 1.35 bits per heavy atom. The summed E-state index contributed by atoms with van der Waals surface area (Å²) >= 11 is 0. The normalized spacial score (nSPS) is 36.2. The molecule has 3 fully saturated rings. The molecule has 6 atom stereocenters. The molecule has 4 unspecified atom stereocenters. The van der Waals surface area contributed by atoms with Gasteiger partial charge in [0.1, 0.15) is 12.2 Å². The van der Waals surface area contributed by atoms with Crippen molar-refractivity contribution in [3.8, 4) is 0 Å². The Bertz CT molecular complexity index is 567. The van der Waals surface area contributed by atoms with Crippen LogP contribution < -0.4 is 0 Å². The second-order valence-electron chi connectivity index (χ2n) is 8.56. The van der Waals surface area contributed by atoms with Crippen molar-refractivity contribution < 1.29 is 19.1 Å². The van der Waals surface area contributed by atoms with Gasteiger partial charge in [0.25, 0.3) is 0 Å². The van der Waals surface area contributed by atoms with Gasteiger partial charge in [0, 0.05) is 23.0 Å². The van der Waals surface area contributed by atoms with Crippen LogP contribution in [0, 0.1) is 23.7 Å². The fourth-order valence-corrected chi connectivity index (χ4v) is 5.50. The van der Waals surface area contributed by atoms with Crippen LogP contribution in [0.15, 0.2) is 24.3 Å². The summed E-state index contributed by atoms with van der Waals surface area (Å²) in [6.45, 7) is 10.8. The Kier molecular flexibility index (Phi) is 5.89. The molecule has 4 heteroatoms. The first-order chi connectivity index (χ1) is 12.4. The van der Waals surface area contributed by atoms with Crippen LogP contribution in [0.5, 0.6) is 0 Å². The molecule has 0 aromatic heterocycles. The summed E-state index contributed by atoms with van der Waals surface area (Å²) in [6, 6.07) is 0. The monoisotopic (exact) mass is 360 g/mol. The number of rotatable bonds is 4. The molecule has 0 radical (unpaired) electrons. The average molecular weight is 360 g/mol. The quantitative estimate of drug-likeness (QED) is 0.543. The fraction of sp³-hybridized carbons (Fsp3) is 0.727. The zero-order valence-electron chi connectivity index (χ0n) is 16.2. The highest BCUT2D eigenvalue weighted by molar-refractivity contribution is 5.87.